The molecule has 0 bridgehead atoms. The molecule has 2 unspecified atom stereocenters. The quantitative estimate of drug-likeness (QED) is 0.800. The Morgan fingerprint density at radius 3 is 2.52 bits per heavy atom. The Morgan fingerprint density at radius 2 is 1.90 bits per heavy atom. The summed E-state index contributed by atoms with van der Waals surface area (Å²) in [5.41, 5.74) is 2.91. The zero-order chi connectivity index (χ0) is 15.5. The van der Waals surface area contributed by atoms with Crippen LogP contribution in [0.5, 0.6) is 5.75 Å². The van der Waals surface area contributed by atoms with E-state index < -0.39 is 0 Å². The van der Waals surface area contributed by atoms with E-state index in [1.807, 2.05) is 6.92 Å². The average Bonchev–Trinajstić information content (AvgIpc) is 2.42. The Hall–Kier alpha value is -1.18. The number of hydrogen-bond donors (Lipinski definition) is 1. The van der Waals surface area contributed by atoms with E-state index in [0.717, 1.165) is 18.3 Å². The molecule has 0 aliphatic heterocycles. The van der Waals surface area contributed by atoms with Crippen LogP contribution in [-0.2, 0) is 0 Å². The van der Waals surface area contributed by atoms with Gasteiger partial charge in [0, 0.05) is 11.7 Å². The molecule has 1 fully saturated rings. The van der Waals surface area contributed by atoms with Crippen LogP contribution in [0.1, 0.15) is 58.9 Å². The maximum Gasteiger partial charge on any atom is 0.119 e. The summed E-state index contributed by atoms with van der Waals surface area (Å²) in [5.74, 6) is 1.72. The van der Waals surface area contributed by atoms with Crippen LogP contribution in [0.15, 0.2) is 18.2 Å². The summed E-state index contributed by atoms with van der Waals surface area (Å²) in [6.07, 6.45) is 5.36. The maximum atomic E-state index is 5.58. The van der Waals surface area contributed by atoms with Gasteiger partial charge in [-0.3, -0.25) is 0 Å². The Morgan fingerprint density at radius 1 is 1.19 bits per heavy atom. The Kier molecular flexibility index (Phi) is 5.18. The van der Waals surface area contributed by atoms with Crippen molar-refractivity contribution < 1.29 is 4.74 Å². The molecule has 1 N–H and O–H groups in total. The van der Waals surface area contributed by atoms with Gasteiger partial charge in [-0.05, 0) is 61.8 Å². The molecule has 2 nitrogen and oxygen atoms in total. The van der Waals surface area contributed by atoms with Crippen molar-refractivity contribution in [2.75, 3.05) is 11.9 Å². The molecule has 118 valence electrons. The molecule has 1 saturated carbocycles. The average molecular weight is 289 g/mol. The second kappa shape index (κ2) is 6.72. The van der Waals surface area contributed by atoms with Crippen LogP contribution in [0.2, 0.25) is 0 Å². The van der Waals surface area contributed by atoms with E-state index in [1.54, 1.807) is 0 Å². The molecule has 21 heavy (non-hydrogen) atoms. The highest BCUT2D eigenvalue weighted by Crippen LogP contribution is 2.39. The highest BCUT2D eigenvalue weighted by atomic mass is 16.5. The SMILES string of the molecule is CCOc1ccc(NC2CCCCC2C(C)(C)C)c(C)c1. The zero-order valence-corrected chi connectivity index (χ0v) is 14.3. The Balaban J connectivity index is 2.12. The van der Waals surface area contributed by atoms with Crippen molar-refractivity contribution in [1.82, 2.24) is 0 Å². The molecule has 2 atom stereocenters. The number of aryl methyl sites for hydroxylation is 1. The van der Waals surface area contributed by atoms with Crippen molar-refractivity contribution in [2.24, 2.45) is 11.3 Å². The van der Waals surface area contributed by atoms with E-state index in [4.69, 9.17) is 4.74 Å². The van der Waals surface area contributed by atoms with Crippen LogP contribution < -0.4 is 10.1 Å². The van der Waals surface area contributed by atoms with Gasteiger partial charge in [0.1, 0.15) is 5.75 Å². The van der Waals surface area contributed by atoms with Crippen LogP contribution >= 0.6 is 0 Å². The van der Waals surface area contributed by atoms with Gasteiger partial charge in [-0.15, -0.1) is 0 Å². The third kappa shape index (κ3) is 4.15. The molecule has 2 heteroatoms. The Bertz CT molecular complexity index is 461. The first-order chi connectivity index (χ1) is 9.91. The van der Waals surface area contributed by atoms with E-state index in [9.17, 15) is 0 Å². The van der Waals surface area contributed by atoms with E-state index in [2.05, 4.69) is 51.2 Å². The first-order valence-corrected chi connectivity index (χ1v) is 8.42. The first kappa shape index (κ1) is 16.2. The monoisotopic (exact) mass is 289 g/mol. The molecule has 1 aliphatic carbocycles. The number of anilines is 1. The van der Waals surface area contributed by atoms with Gasteiger partial charge in [-0.1, -0.05) is 33.6 Å². The molecule has 0 radical (unpaired) electrons. The standard InChI is InChI=1S/C19H31NO/c1-6-21-15-11-12-17(14(2)13-15)20-18-10-8-7-9-16(18)19(3,4)5/h11-13,16,18,20H,6-10H2,1-5H3. The highest BCUT2D eigenvalue weighted by Gasteiger charge is 2.34. The summed E-state index contributed by atoms with van der Waals surface area (Å²) in [4.78, 5) is 0. The van der Waals surface area contributed by atoms with E-state index in [1.165, 1.54) is 36.9 Å². The lowest BCUT2D eigenvalue weighted by Gasteiger charge is -2.41. The second-order valence-electron chi connectivity index (χ2n) is 7.42. The normalized spacial score (nSPS) is 22.9. The molecule has 0 aromatic heterocycles. The van der Waals surface area contributed by atoms with Crippen molar-refractivity contribution in [2.45, 2.75) is 66.3 Å². The minimum Gasteiger partial charge on any atom is -0.494 e. The Labute approximate surface area is 130 Å². The number of ether oxygens (including phenoxy) is 1. The van der Waals surface area contributed by atoms with Gasteiger partial charge in [0.05, 0.1) is 6.61 Å². The third-order valence-corrected chi connectivity index (χ3v) is 4.73. The van der Waals surface area contributed by atoms with Crippen molar-refractivity contribution in [3.8, 4) is 5.75 Å². The summed E-state index contributed by atoms with van der Waals surface area (Å²) >= 11 is 0. The van der Waals surface area contributed by atoms with Crippen LogP contribution in [0.4, 0.5) is 5.69 Å². The van der Waals surface area contributed by atoms with Crippen molar-refractivity contribution in [3.63, 3.8) is 0 Å². The van der Waals surface area contributed by atoms with Crippen molar-refractivity contribution in [3.05, 3.63) is 23.8 Å². The largest absolute Gasteiger partial charge is 0.494 e. The smallest absolute Gasteiger partial charge is 0.119 e. The fraction of sp³-hybridized carbons (Fsp3) is 0.684. The molecule has 0 amide bonds. The molecule has 1 aromatic rings. The van der Waals surface area contributed by atoms with Gasteiger partial charge in [-0.25, -0.2) is 0 Å². The lowest BCUT2D eigenvalue weighted by molar-refractivity contribution is 0.163. The van der Waals surface area contributed by atoms with Crippen LogP contribution in [0, 0.1) is 18.3 Å². The first-order valence-electron chi connectivity index (χ1n) is 8.42. The zero-order valence-electron chi connectivity index (χ0n) is 14.3. The number of nitrogens with one attached hydrogen (secondary N) is 1. The minimum atomic E-state index is 0.372. The number of hydrogen-bond acceptors (Lipinski definition) is 2. The van der Waals surface area contributed by atoms with Crippen molar-refractivity contribution in [1.29, 1.82) is 0 Å². The lowest BCUT2D eigenvalue weighted by atomic mass is 9.69. The fourth-order valence-electron chi connectivity index (χ4n) is 3.59. The highest BCUT2D eigenvalue weighted by molar-refractivity contribution is 5.54. The number of rotatable bonds is 4. The molecule has 0 saturated heterocycles. The summed E-state index contributed by atoms with van der Waals surface area (Å²) < 4.78 is 5.58. The molecular weight excluding hydrogens is 258 g/mol. The van der Waals surface area contributed by atoms with Crippen molar-refractivity contribution >= 4 is 5.69 Å². The van der Waals surface area contributed by atoms with Gasteiger partial charge in [0.25, 0.3) is 0 Å². The van der Waals surface area contributed by atoms with Gasteiger partial charge in [0.15, 0.2) is 0 Å². The third-order valence-electron chi connectivity index (χ3n) is 4.73. The van der Waals surface area contributed by atoms with Crippen LogP contribution in [0.25, 0.3) is 0 Å². The van der Waals surface area contributed by atoms with Gasteiger partial charge >= 0.3 is 0 Å². The molecule has 0 spiro atoms. The fourth-order valence-corrected chi connectivity index (χ4v) is 3.59. The van der Waals surface area contributed by atoms with E-state index in [-0.39, 0.29) is 0 Å². The number of benzene rings is 1. The van der Waals surface area contributed by atoms with Crippen LogP contribution in [-0.4, -0.2) is 12.6 Å². The topological polar surface area (TPSA) is 21.3 Å². The summed E-state index contributed by atoms with van der Waals surface area (Å²) in [6, 6.07) is 6.98. The summed E-state index contributed by atoms with van der Waals surface area (Å²) in [6.45, 7) is 12.0. The second-order valence-corrected chi connectivity index (χ2v) is 7.42. The molecule has 2 rings (SSSR count). The van der Waals surface area contributed by atoms with Gasteiger partial charge in [-0.2, -0.15) is 0 Å². The summed E-state index contributed by atoms with van der Waals surface area (Å²) in [5, 5.41) is 3.82. The summed E-state index contributed by atoms with van der Waals surface area (Å²) in [7, 11) is 0. The molecule has 0 heterocycles. The molecule has 1 aliphatic rings. The predicted octanol–water partition coefficient (Wildman–Crippen LogP) is 5.41. The van der Waals surface area contributed by atoms with Gasteiger partial charge < -0.3 is 10.1 Å². The minimum absolute atomic E-state index is 0.372. The lowest BCUT2D eigenvalue weighted by Crippen LogP contribution is -2.39. The maximum absolute atomic E-state index is 5.58. The molecule has 1 aromatic carbocycles. The predicted molar refractivity (Wildman–Crippen MR) is 91.2 cm³/mol. The van der Waals surface area contributed by atoms with E-state index in [0.29, 0.717) is 11.5 Å². The molecular formula is C19H31NO. The van der Waals surface area contributed by atoms with E-state index >= 15 is 0 Å². The van der Waals surface area contributed by atoms with Crippen LogP contribution in [0.3, 0.4) is 0 Å². The van der Waals surface area contributed by atoms with Gasteiger partial charge in [0.2, 0.25) is 0 Å².